The van der Waals surface area contributed by atoms with E-state index in [1.165, 1.54) is 37.1 Å². The molecule has 0 bridgehead atoms. The highest BCUT2D eigenvalue weighted by Crippen LogP contribution is 2.34. The minimum atomic E-state index is -0.666. The van der Waals surface area contributed by atoms with Crippen LogP contribution >= 0.6 is 11.6 Å². The molecule has 1 unspecified atom stereocenters. The van der Waals surface area contributed by atoms with Crippen molar-refractivity contribution in [1.29, 1.82) is 0 Å². The Bertz CT molecular complexity index is 1740. The number of hydrogen-bond donors (Lipinski definition) is 1. The standard InChI is InChI=1S/C29H25ClF2N4O4/c1-16-25(28(37)35-12-11-17(15-35)20-9-8-19(31)13-21(20)32)29(38)36(26-23(39-2)5-4-6-24(26)40-3)27(34-16)22-10-7-18(30)14-33-22/h4-10,13-14,17,37H,1,11-12,15H2,2-3H3. The van der Waals surface area contributed by atoms with Crippen LogP contribution in [0.3, 0.4) is 0 Å². The first kappa shape index (κ1) is 27.1. The molecule has 4 aromatic rings. The molecule has 5 rings (SSSR count). The fourth-order valence-electron chi connectivity index (χ4n) is 4.93. The molecule has 0 amide bonds. The van der Waals surface area contributed by atoms with Crippen LogP contribution in [0.1, 0.15) is 17.9 Å². The molecule has 1 atom stereocenters. The summed E-state index contributed by atoms with van der Waals surface area (Å²) in [5.41, 5.74) is 0.255. The number of hydrogen-bond acceptors (Lipinski definition) is 7. The second-order valence-electron chi connectivity index (χ2n) is 9.19. The Morgan fingerprint density at radius 3 is 2.48 bits per heavy atom. The number of halogens is 3. The number of likely N-dealkylation sites (tertiary alicyclic amines) is 1. The predicted octanol–water partition coefficient (Wildman–Crippen LogP) is 3.77. The maximum atomic E-state index is 14.5. The number of methoxy groups -OCH3 is 2. The van der Waals surface area contributed by atoms with E-state index >= 15 is 0 Å². The van der Waals surface area contributed by atoms with E-state index in [2.05, 4.69) is 16.5 Å². The number of nitrogens with zero attached hydrogens (tertiary/aromatic N) is 4. The zero-order chi connectivity index (χ0) is 28.6. The predicted molar refractivity (Wildman–Crippen MR) is 147 cm³/mol. The van der Waals surface area contributed by atoms with Gasteiger partial charge < -0.3 is 19.5 Å². The number of benzene rings is 2. The molecule has 0 radical (unpaired) electrons. The van der Waals surface area contributed by atoms with Crippen LogP contribution in [0, 0.1) is 11.6 Å². The first-order valence-corrected chi connectivity index (χ1v) is 12.7. The summed E-state index contributed by atoms with van der Waals surface area (Å²) in [5, 5.41) is 11.6. The van der Waals surface area contributed by atoms with Gasteiger partial charge in [-0.1, -0.05) is 30.3 Å². The Morgan fingerprint density at radius 1 is 1.12 bits per heavy atom. The van der Waals surface area contributed by atoms with Crippen molar-refractivity contribution in [3.05, 3.63) is 97.9 Å². The number of pyridine rings is 1. The molecule has 1 N–H and O–H groups in total. The number of para-hydroxylation sites is 1. The number of aliphatic hydroxyl groups is 1. The average molecular weight is 567 g/mol. The van der Waals surface area contributed by atoms with E-state index in [1.807, 2.05) is 0 Å². The zero-order valence-electron chi connectivity index (χ0n) is 21.7. The van der Waals surface area contributed by atoms with Crippen molar-refractivity contribution in [3.8, 4) is 28.7 Å². The fraction of sp³-hybridized carbons (Fsp3) is 0.207. The third kappa shape index (κ3) is 4.86. The van der Waals surface area contributed by atoms with Gasteiger partial charge in [0.05, 0.1) is 24.6 Å². The molecule has 1 fully saturated rings. The molecule has 2 aromatic carbocycles. The van der Waals surface area contributed by atoms with Gasteiger partial charge in [0.25, 0.3) is 5.56 Å². The molecule has 0 aliphatic carbocycles. The summed E-state index contributed by atoms with van der Waals surface area (Å²) in [7, 11) is 2.91. The number of aliphatic hydroxyl groups excluding tert-OH is 1. The Balaban J connectivity index is 1.73. The molecule has 8 nitrogen and oxygen atoms in total. The largest absolute Gasteiger partial charge is 0.494 e. The lowest BCUT2D eigenvalue weighted by atomic mass is 9.98. The third-order valence-electron chi connectivity index (χ3n) is 6.85. The third-order valence-corrected chi connectivity index (χ3v) is 7.08. The quantitative estimate of drug-likeness (QED) is 0.380. The number of rotatable bonds is 6. The number of aromatic nitrogens is 3. The van der Waals surface area contributed by atoms with E-state index in [1.54, 1.807) is 35.2 Å². The lowest BCUT2D eigenvalue weighted by molar-refractivity contribution is 0.321. The first-order valence-electron chi connectivity index (χ1n) is 12.3. The van der Waals surface area contributed by atoms with E-state index in [0.717, 1.165) is 6.07 Å². The van der Waals surface area contributed by atoms with Crippen molar-refractivity contribution < 1.29 is 23.4 Å². The van der Waals surface area contributed by atoms with E-state index in [4.69, 9.17) is 21.1 Å². The lowest BCUT2D eigenvalue weighted by Gasteiger charge is -2.20. The summed E-state index contributed by atoms with van der Waals surface area (Å²) in [6.45, 7) is 4.47. The van der Waals surface area contributed by atoms with Gasteiger partial charge in [-0.05, 0) is 42.3 Å². The van der Waals surface area contributed by atoms with Crippen LogP contribution in [0.5, 0.6) is 11.5 Å². The van der Waals surface area contributed by atoms with Crippen molar-refractivity contribution in [2.75, 3.05) is 27.3 Å². The van der Waals surface area contributed by atoms with Crippen molar-refractivity contribution in [1.82, 2.24) is 19.4 Å². The van der Waals surface area contributed by atoms with Gasteiger partial charge in [0.2, 0.25) is 5.88 Å². The minimum absolute atomic E-state index is 0.00998. The fourth-order valence-corrected chi connectivity index (χ4v) is 5.04. The van der Waals surface area contributed by atoms with Gasteiger partial charge in [0.1, 0.15) is 39.7 Å². The summed E-state index contributed by atoms with van der Waals surface area (Å²) in [4.78, 5) is 24.7. The minimum Gasteiger partial charge on any atom is -0.494 e. The van der Waals surface area contributed by atoms with Crippen molar-refractivity contribution in [3.63, 3.8) is 0 Å². The maximum Gasteiger partial charge on any atom is 0.271 e. The van der Waals surface area contributed by atoms with Gasteiger partial charge in [-0.15, -0.1) is 0 Å². The molecule has 1 aliphatic heterocycles. The summed E-state index contributed by atoms with van der Waals surface area (Å²) in [5.74, 6) is -1.25. The second kappa shape index (κ2) is 11.0. The molecular weight excluding hydrogens is 542 g/mol. The molecule has 11 heteroatoms. The van der Waals surface area contributed by atoms with Gasteiger partial charge in [0.15, 0.2) is 5.82 Å². The van der Waals surface area contributed by atoms with Crippen molar-refractivity contribution in [2.45, 2.75) is 12.3 Å². The van der Waals surface area contributed by atoms with Crippen LogP contribution in [-0.4, -0.2) is 51.9 Å². The summed E-state index contributed by atoms with van der Waals surface area (Å²) in [6.07, 6.45) is 1.90. The molecule has 1 aliphatic rings. The van der Waals surface area contributed by atoms with Gasteiger partial charge >= 0.3 is 0 Å². The maximum absolute atomic E-state index is 14.5. The van der Waals surface area contributed by atoms with Crippen molar-refractivity contribution in [2.24, 2.45) is 0 Å². The Hall–Kier alpha value is -4.44. The lowest BCUT2D eigenvalue weighted by Crippen LogP contribution is -2.50. The molecule has 40 heavy (non-hydrogen) atoms. The van der Waals surface area contributed by atoms with Crippen LogP contribution in [-0.2, 0) is 0 Å². The van der Waals surface area contributed by atoms with Gasteiger partial charge in [-0.3, -0.25) is 14.3 Å². The summed E-state index contributed by atoms with van der Waals surface area (Å²) >= 11 is 6.04. The van der Waals surface area contributed by atoms with E-state index in [9.17, 15) is 18.7 Å². The van der Waals surface area contributed by atoms with Gasteiger partial charge in [-0.25, -0.2) is 13.8 Å². The summed E-state index contributed by atoms with van der Waals surface area (Å²) < 4.78 is 40.3. The summed E-state index contributed by atoms with van der Waals surface area (Å²) in [6, 6.07) is 11.7. The molecule has 0 spiro atoms. The van der Waals surface area contributed by atoms with Crippen LogP contribution in [0.4, 0.5) is 8.78 Å². The Labute approximate surface area is 233 Å². The van der Waals surface area contributed by atoms with Crippen molar-refractivity contribution >= 4 is 24.1 Å². The second-order valence-corrected chi connectivity index (χ2v) is 9.63. The van der Waals surface area contributed by atoms with Crippen LogP contribution in [0.2, 0.25) is 5.02 Å². The van der Waals surface area contributed by atoms with Crippen LogP contribution in [0.15, 0.2) is 59.5 Å². The highest BCUT2D eigenvalue weighted by Gasteiger charge is 2.29. The van der Waals surface area contributed by atoms with E-state index < -0.39 is 17.2 Å². The zero-order valence-corrected chi connectivity index (χ0v) is 22.5. The highest BCUT2D eigenvalue weighted by atomic mass is 35.5. The molecule has 2 aromatic heterocycles. The average Bonchev–Trinajstić information content (AvgIpc) is 3.43. The molecular formula is C29H25ClF2N4O4. The molecule has 1 saturated heterocycles. The molecule has 206 valence electrons. The normalized spacial score (nSPS) is 15.7. The van der Waals surface area contributed by atoms with Crippen LogP contribution in [0.25, 0.3) is 29.7 Å². The Kier molecular flexibility index (Phi) is 7.44. The monoisotopic (exact) mass is 566 g/mol. The number of ether oxygens (including phenoxy) is 2. The Morgan fingerprint density at radius 2 is 1.85 bits per heavy atom. The first-order chi connectivity index (χ1) is 19.2. The van der Waals surface area contributed by atoms with Gasteiger partial charge in [0, 0.05) is 31.3 Å². The topological polar surface area (TPSA) is 89.7 Å². The van der Waals surface area contributed by atoms with E-state index in [-0.39, 0.29) is 40.4 Å². The molecule has 0 saturated carbocycles. The smallest absolute Gasteiger partial charge is 0.271 e. The highest BCUT2D eigenvalue weighted by molar-refractivity contribution is 6.30. The van der Waals surface area contributed by atoms with Crippen LogP contribution < -0.4 is 25.6 Å². The SMILES string of the molecule is C=c1nc(-c2ccc(Cl)cn2)n(-c2c(OC)cccc2OC)c(=O)c1=C(O)N1CCC(c2ccc(F)cc2F)C1. The van der Waals surface area contributed by atoms with E-state index in [0.29, 0.717) is 40.7 Å². The van der Waals surface area contributed by atoms with Gasteiger partial charge in [-0.2, -0.15) is 0 Å². The molecule has 3 heterocycles.